The lowest BCUT2D eigenvalue weighted by Gasteiger charge is -2.27. The van der Waals surface area contributed by atoms with Gasteiger partial charge in [0.25, 0.3) is 0 Å². The SMILES string of the molecule is CC(C)c1n[nH]c2c1CN(CCC(F)(F)F)CC2. The molecule has 3 nitrogen and oxygen atoms in total. The Kier molecular flexibility index (Phi) is 3.66. The van der Waals surface area contributed by atoms with E-state index in [1.54, 1.807) is 0 Å². The second-order valence-corrected chi connectivity index (χ2v) is 5.11. The highest BCUT2D eigenvalue weighted by Gasteiger charge is 2.29. The molecule has 1 N–H and O–H groups in total. The average Bonchev–Trinajstić information content (AvgIpc) is 2.68. The quantitative estimate of drug-likeness (QED) is 0.907. The van der Waals surface area contributed by atoms with Crippen LogP contribution in [0.2, 0.25) is 0 Å². The van der Waals surface area contributed by atoms with Gasteiger partial charge in [0.05, 0.1) is 12.1 Å². The van der Waals surface area contributed by atoms with Crippen LogP contribution in [0.4, 0.5) is 13.2 Å². The summed E-state index contributed by atoms with van der Waals surface area (Å²) in [4.78, 5) is 1.86. The monoisotopic (exact) mass is 261 g/mol. The summed E-state index contributed by atoms with van der Waals surface area (Å²) in [7, 11) is 0. The fourth-order valence-corrected chi connectivity index (χ4v) is 2.33. The molecule has 0 saturated heterocycles. The largest absolute Gasteiger partial charge is 0.390 e. The normalized spacial score (nSPS) is 17.2. The average molecular weight is 261 g/mol. The Hall–Kier alpha value is -1.04. The van der Waals surface area contributed by atoms with Crippen LogP contribution in [0.1, 0.15) is 43.1 Å². The molecule has 0 aliphatic carbocycles. The summed E-state index contributed by atoms with van der Waals surface area (Å²) in [6.07, 6.45) is -4.05. The van der Waals surface area contributed by atoms with Crippen molar-refractivity contribution in [3.05, 3.63) is 17.0 Å². The van der Waals surface area contributed by atoms with Crippen molar-refractivity contribution >= 4 is 0 Å². The van der Waals surface area contributed by atoms with Crippen LogP contribution in [0.25, 0.3) is 0 Å². The van der Waals surface area contributed by atoms with Crippen LogP contribution in [-0.2, 0) is 13.0 Å². The molecule has 0 atom stereocenters. The molecule has 2 heterocycles. The lowest BCUT2D eigenvalue weighted by molar-refractivity contribution is -0.138. The van der Waals surface area contributed by atoms with Gasteiger partial charge in [-0.3, -0.25) is 10.00 Å². The molecule has 2 rings (SSSR count). The van der Waals surface area contributed by atoms with Gasteiger partial charge in [-0.1, -0.05) is 13.8 Å². The van der Waals surface area contributed by atoms with Gasteiger partial charge in [0.1, 0.15) is 0 Å². The molecule has 0 fully saturated rings. The van der Waals surface area contributed by atoms with Crippen LogP contribution in [-0.4, -0.2) is 34.4 Å². The Bertz CT molecular complexity index is 409. The maximum absolute atomic E-state index is 12.2. The lowest BCUT2D eigenvalue weighted by Crippen LogP contribution is -2.33. The molecule has 1 aliphatic rings. The van der Waals surface area contributed by atoms with E-state index in [1.165, 1.54) is 0 Å². The third-order valence-corrected chi connectivity index (χ3v) is 3.30. The number of alkyl halides is 3. The smallest absolute Gasteiger partial charge is 0.298 e. The molecule has 0 unspecified atom stereocenters. The molecule has 1 aliphatic heterocycles. The summed E-state index contributed by atoms with van der Waals surface area (Å²) in [5, 5.41) is 7.27. The van der Waals surface area contributed by atoms with E-state index in [0.29, 0.717) is 19.0 Å². The van der Waals surface area contributed by atoms with E-state index in [1.807, 2.05) is 18.7 Å². The van der Waals surface area contributed by atoms with E-state index in [0.717, 1.165) is 23.4 Å². The zero-order valence-corrected chi connectivity index (χ0v) is 10.6. The van der Waals surface area contributed by atoms with Gasteiger partial charge in [0.15, 0.2) is 0 Å². The number of H-pyrrole nitrogens is 1. The zero-order valence-electron chi connectivity index (χ0n) is 10.6. The maximum atomic E-state index is 12.2. The molecule has 6 heteroatoms. The molecular formula is C12H18F3N3. The van der Waals surface area contributed by atoms with Crippen molar-refractivity contribution in [3.63, 3.8) is 0 Å². The topological polar surface area (TPSA) is 31.9 Å². The van der Waals surface area contributed by atoms with Crippen molar-refractivity contribution < 1.29 is 13.2 Å². The number of aromatic nitrogens is 2. The van der Waals surface area contributed by atoms with E-state index in [-0.39, 0.29) is 6.54 Å². The van der Waals surface area contributed by atoms with Gasteiger partial charge < -0.3 is 0 Å². The molecule has 1 aromatic rings. The molecule has 0 aromatic carbocycles. The van der Waals surface area contributed by atoms with Gasteiger partial charge in [-0.2, -0.15) is 18.3 Å². The van der Waals surface area contributed by atoms with Gasteiger partial charge >= 0.3 is 6.18 Å². The molecule has 102 valence electrons. The fraction of sp³-hybridized carbons (Fsp3) is 0.750. The van der Waals surface area contributed by atoms with Gasteiger partial charge in [-0.25, -0.2) is 0 Å². The Morgan fingerprint density at radius 1 is 1.39 bits per heavy atom. The molecule has 0 spiro atoms. The first kappa shape index (κ1) is 13.4. The summed E-state index contributed by atoms with van der Waals surface area (Å²) in [5.41, 5.74) is 3.17. The summed E-state index contributed by atoms with van der Waals surface area (Å²) in [5.74, 6) is 0.299. The van der Waals surface area contributed by atoms with Crippen LogP contribution in [0, 0.1) is 0 Å². The van der Waals surface area contributed by atoms with Gasteiger partial charge in [-0.15, -0.1) is 0 Å². The van der Waals surface area contributed by atoms with Crippen LogP contribution < -0.4 is 0 Å². The van der Waals surface area contributed by atoms with Crippen molar-refractivity contribution in [2.45, 2.75) is 45.3 Å². The Morgan fingerprint density at radius 3 is 2.72 bits per heavy atom. The Balaban J connectivity index is 2.02. The van der Waals surface area contributed by atoms with Gasteiger partial charge in [0.2, 0.25) is 0 Å². The third kappa shape index (κ3) is 3.04. The van der Waals surface area contributed by atoms with Crippen LogP contribution in [0.3, 0.4) is 0 Å². The minimum absolute atomic E-state index is 0.0751. The maximum Gasteiger partial charge on any atom is 0.390 e. The summed E-state index contributed by atoms with van der Waals surface area (Å²) in [6.45, 7) is 5.42. The first-order chi connectivity index (χ1) is 8.37. The number of nitrogens with one attached hydrogen (secondary N) is 1. The molecule has 0 saturated carbocycles. The Morgan fingerprint density at radius 2 is 2.11 bits per heavy atom. The minimum atomic E-state index is -4.07. The van der Waals surface area contributed by atoms with E-state index >= 15 is 0 Å². The fourth-order valence-electron chi connectivity index (χ4n) is 2.33. The number of rotatable bonds is 3. The number of halogens is 3. The number of hydrogen-bond acceptors (Lipinski definition) is 2. The van der Waals surface area contributed by atoms with E-state index in [2.05, 4.69) is 10.2 Å². The van der Waals surface area contributed by atoms with Crippen LogP contribution >= 0.6 is 0 Å². The number of aromatic amines is 1. The summed E-state index contributed by atoms with van der Waals surface area (Å²) >= 11 is 0. The van der Waals surface area contributed by atoms with E-state index in [9.17, 15) is 13.2 Å². The molecule has 18 heavy (non-hydrogen) atoms. The predicted molar refractivity (Wildman–Crippen MR) is 62.3 cm³/mol. The molecular weight excluding hydrogens is 243 g/mol. The van der Waals surface area contributed by atoms with Gasteiger partial charge in [0, 0.05) is 37.3 Å². The van der Waals surface area contributed by atoms with Crippen molar-refractivity contribution in [1.82, 2.24) is 15.1 Å². The van der Waals surface area contributed by atoms with E-state index < -0.39 is 12.6 Å². The summed E-state index contributed by atoms with van der Waals surface area (Å²) in [6, 6.07) is 0. The van der Waals surface area contributed by atoms with Crippen LogP contribution in [0.15, 0.2) is 0 Å². The zero-order chi connectivity index (χ0) is 13.3. The molecule has 1 aromatic heterocycles. The second-order valence-electron chi connectivity index (χ2n) is 5.11. The lowest BCUT2D eigenvalue weighted by atomic mass is 9.99. The first-order valence-electron chi connectivity index (χ1n) is 6.22. The van der Waals surface area contributed by atoms with E-state index in [4.69, 9.17) is 0 Å². The first-order valence-corrected chi connectivity index (χ1v) is 6.22. The second kappa shape index (κ2) is 4.91. The van der Waals surface area contributed by atoms with Crippen molar-refractivity contribution in [2.75, 3.05) is 13.1 Å². The molecule has 0 radical (unpaired) electrons. The highest BCUT2D eigenvalue weighted by atomic mass is 19.4. The van der Waals surface area contributed by atoms with Crippen molar-refractivity contribution in [3.8, 4) is 0 Å². The summed E-state index contributed by atoms with van der Waals surface area (Å²) < 4.78 is 36.6. The Labute approximate surface area is 104 Å². The highest BCUT2D eigenvalue weighted by molar-refractivity contribution is 5.29. The van der Waals surface area contributed by atoms with Crippen LogP contribution in [0.5, 0.6) is 0 Å². The highest BCUT2D eigenvalue weighted by Crippen LogP contribution is 2.27. The van der Waals surface area contributed by atoms with Crippen molar-refractivity contribution in [1.29, 1.82) is 0 Å². The standard InChI is InChI=1S/C12H18F3N3/c1-8(2)11-9-7-18(6-4-12(13,14)15)5-3-10(9)16-17-11/h8H,3-7H2,1-2H3,(H,16,17). The number of fused-ring (bicyclic) bond motifs is 1. The number of hydrogen-bond donors (Lipinski definition) is 1. The molecule has 0 bridgehead atoms. The minimum Gasteiger partial charge on any atom is -0.298 e. The number of nitrogens with zero attached hydrogens (tertiary/aromatic N) is 2. The third-order valence-electron chi connectivity index (χ3n) is 3.30. The molecule has 0 amide bonds. The predicted octanol–water partition coefficient (Wildman–Crippen LogP) is 2.84. The van der Waals surface area contributed by atoms with Crippen molar-refractivity contribution in [2.24, 2.45) is 0 Å². The van der Waals surface area contributed by atoms with Gasteiger partial charge in [-0.05, 0) is 5.92 Å².